The van der Waals surface area contributed by atoms with E-state index in [1.165, 1.54) is 18.4 Å². The van der Waals surface area contributed by atoms with Crippen LogP contribution in [0.3, 0.4) is 0 Å². The molecule has 0 saturated heterocycles. The van der Waals surface area contributed by atoms with Gasteiger partial charge in [0.15, 0.2) is 5.13 Å². The van der Waals surface area contributed by atoms with E-state index < -0.39 is 16.1 Å². The van der Waals surface area contributed by atoms with Crippen molar-refractivity contribution >= 4 is 67.6 Å². The molecule has 2 N–H and O–H groups in total. The molecule has 1 atom stereocenters. The van der Waals surface area contributed by atoms with Gasteiger partial charge in [-0.25, -0.2) is 9.78 Å². The van der Waals surface area contributed by atoms with Crippen LogP contribution in [0.4, 0.5) is 9.93 Å². The molecule has 0 aliphatic heterocycles. The van der Waals surface area contributed by atoms with Gasteiger partial charge in [0.2, 0.25) is 10.0 Å². The fourth-order valence-electron chi connectivity index (χ4n) is 1.39. The van der Waals surface area contributed by atoms with E-state index in [0.717, 1.165) is 10.2 Å². The van der Waals surface area contributed by atoms with Crippen molar-refractivity contribution in [3.05, 3.63) is 24.3 Å². The van der Waals surface area contributed by atoms with Crippen molar-refractivity contribution in [2.24, 2.45) is 0 Å². The lowest BCUT2D eigenvalue weighted by molar-refractivity contribution is 0.114. The number of benzene rings is 1. The van der Waals surface area contributed by atoms with Crippen molar-refractivity contribution in [1.82, 2.24) is 10.3 Å². The number of aromatic nitrogens is 1. The number of amides is 1. The third-order valence-electron chi connectivity index (χ3n) is 2.27. The van der Waals surface area contributed by atoms with Gasteiger partial charge in [0.1, 0.15) is 0 Å². The lowest BCUT2D eigenvalue weighted by Crippen LogP contribution is -2.40. The Morgan fingerprint density at radius 3 is 2.70 bits per heavy atom. The maximum atomic E-state index is 11.3. The number of hydrogen-bond donors (Lipinski definition) is 2. The van der Waals surface area contributed by atoms with Crippen LogP contribution in [0.5, 0.6) is 0 Å². The average molecular weight is 355 g/mol. The summed E-state index contributed by atoms with van der Waals surface area (Å²) in [4.78, 5) is 15.6. The highest BCUT2D eigenvalue weighted by molar-refractivity contribution is 7.22. The van der Waals surface area contributed by atoms with Crippen molar-refractivity contribution in [3.8, 4) is 0 Å². The fourth-order valence-corrected chi connectivity index (χ4v) is 2.57. The lowest BCUT2D eigenvalue weighted by Gasteiger charge is -2.24. The van der Waals surface area contributed by atoms with E-state index in [-0.39, 0.29) is 0 Å². The van der Waals surface area contributed by atoms with Gasteiger partial charge in [0.25, 0.3) is 0 Å². The Labute approximate surface area is 134 Å². The molecule has 9 heteroatoms. The van der Waals surface area contributed by atoms with Crippen LogP contribution in [0.1, 0.15) is 0 Å². The Balaban J connectivity index is 2.20. The van der Waals surface area contributed by atoms with Crippen molar-refractivity contribution in [1.29, 1.82) is 0 Å². The maximum Gasteiger partial charge on any atom is 0.408 e. The molecule has 0 spiro atoms. The number of carbonyl (C=O) groups is 1. The average Bonchev–Trinajstić information content (AvgIpc) is 2.79. The van der Waals surface area contributed by atoms with Crippen LogP contribution in [-0.2, 0) is 4.74 Å². The van der Waals surface area contributed by atoms with E-state index in [9.17, 15) is 4.79 Å². The number of nitrogens with one attached hydrogen (secondary N) is 2. The van der Waals surface area contributed by atoms with Crippen LogP contribution in [0.25, 0.3) is 10.2 Å². The van der Waals surface area contributed by atoms with Crippen molar-refractivity contribution in [3.63, 3.8) is 0 Å². The van der Waals surface area contributed by atoms with Gasteiger partial charge < -0.3 is 15.4 Å². The van der Waals surface area contributed by atoms with E-state index in [1.807, 2.05) is 24.3 Å². The van der Waals surface area contributed by atoms with Crippen LogP contribution in [0.15, 0.2) is 24.3 Å². The predicted molar refractivity (Wildman–Crippen MR) is 82.9 cm³/mol. The monoisotopic (exact) mass is 353 g/mol. The normalized spacial score (nSPS) is 13.0. The Bertz CT molecular complexity index is 581. The number of hydrogen-bond acceptors (Lipinski definition) is 5. The summed E-state index contributed by atoms with van der Waals surface area (Å²) in [7, 11) is 1.41. The summed E-state index contributed by atoms with van der Waals surface area (Å²) < 4.78 is 4.12. The molecule has 5 nitrogen and oxygen atoms in total. The SMILES string of the molecule is CNC(=O)OC(Nc1nc2ccccc2s1)C(Cl)(Cl)Cl. The molecular weight excluding hydrogens is 345 g/mol. The molecule has 2 aromatic rings. The molecule has 0 aliphatic rings. The molecule has 0 aliphatic carbocycles. The molecule has 2 rings (SSSR count). The predicted octanol–water partition coefficient (Wildman–Crippen LogP) is 3.76. The first kappa shape index (κ1) is 15.4. The minimum atomic E-state index is -1.83. The molecule has 0 saturated carbocycles. The number of fused-ring (bicyclic) bond motifs is 1. The number of alkyl halides is 3. The number of halogens is 3. The maximum absolute atomic E-state index is 11.3. The molecule has 1 aromatic heterocycles. The summed E-state index contributed by atoms with van der Waals surface area (Å²) in [6.45, 7) is 0. The molecule has 1 heterocycles. The zero-order valence-electron chi connectivity index (χ0n) is 10.2. The van der Waals surface area contributed by atoms with Crippen LogP contribution >= 0.6 is 46.1 Å². The largest absolute Gasteiger partial charge is 0.421 e. The van der Waals surface area contributed by atoms with Crippen molar-refractivity contribution < 1.29 is 9.53 Å². The molecule has 1 unspecified atom stereocenters. The highest BCUT2D eigenvalue weighted by Gasteiger charge is 2.36. The minimum absolute atomic E-state index is 0.492. The van der Waals surface area contributed by atoms with E-state index in [2.05, 4.69) is 15.6 Å². The van der Waals surface area contributed by atoms with Gasteiger partial charge in [0, 0.05) is 7.05 Å². The smallest absolute Gasteiger partial charge is 0.408 e. The van der Waals surface area contributed by atoms with E-state index in [0.29, 0.717) is 5.13 Å². The third kappa shape index (κ3) is 3.79. The second-order valence-corrected chi connectivity index (χ2v) is 7.11. The zero-order chi connectivity index (χ0) is 14.8. The fraction of sp³-hybridized carbons (Fsp3) is 0.273. The third-order valence-corrected chi connectivity index (χ3v) is 3.84. The van der Waals surface area contributed by atoms with Gasteiger partial charge in [-0.1, -0.05) is 58.3 Å². The topological polar surface area (TPSA) is 63.2 Å². The summed E-state index contributed by atoms with van der Waals surface area (Å²) >= 11 is 18.7. The summed E-state index contributed by atoms with van der Waals surface area (Å²) in [5, 5.41) is 5.58. The molecular formula is C11H10Cl3N3O2S. The summed E-state index contributed by atoms with van der Waals surface area (Å²) in [5.41, 5.74) is 0.808. The summed E-state index contributed by atoms with van der Waals surface area (Å²) in [6, 6.07) is 7.56. The number of thiazole rings is 1. The standard InChI is InChI=1S/C11H10Cl3N3O2S/c1-15-10(18)19-8(11(12,13)14)17-9-16-6-4-2-3-5-7(6)20-9/h2-5,8H,1H3,(H,15,18)(H,16,17). The number of carbonyl (C=O) groups excluding carboxylic acids is 1. The van der Waals surface area contributed by atoms with Gasteiger partial charge in [0.05, 0.1) is 10.2 Å². The van der Waals surface area contributed by atoms with Gasteiger partial charge in [-0.15, -0.1) is 0 Å². The second kappa shape index (κ2) is 6.22. The molecule has 0 radical (unpaired) electrons. The van der Waals surface area contributed by atoms with Gasteiger partial charge >= 0.3 is 6.09 Å². The quantitative estimate of drug-likeness (QED) is 0.651. The molecule has 0 bridgehead atoms. The van der Waals surface area contributed by atoms with Crippen molar-refractivity contribution in [2.75, 3.05) is 12.4 Å². The Kier molecular flexibility index (Phi) is 4.80. The van der Waals surface area contributed by atoms with Crippen LogP contribution in [-0.4, -0.2) is 28.1 Å². The first-order chi connectivity index (χ1) is 9.40. The van der Waals surface area contributed by atoms with E-state index in [1.54, 1.807) is 0 Å². The summed E-state index contributed by atoms with van der Waals surface area (Å²) in [5.74, 6) is 0. The lowest BCUT2D eigenvalue weighted by atomic mass is 10.3. The zero-order valence-corrected chi connectivity index (χ0v) is 13.3. The molecule has 1 aromatic carbocycles. The number of nitrogens with zero attached hydrogens (tertiary/aromatic N) is 1. The number of alkyl carbamates (subject to hydrolysis) is 1. The Morgan fingerprint density at radius 1 is 1.40 bits per heavy atom. The number of rotatable bonds is 3. The van der Waals surface area contributed by atoms with E-state index >= 15 is 0 Å². The number of anilines is 1. The molecule has 0 fully saturated rings. The highest BCUT2D eigenvalue weighted by Crippen LogP contribution is 2.34. The second-order valence-electron chi connectivity index (χ2n) is 3.71. The minimum Gasteiger partial charge on any atom is -0.421 e. The van der Waals surface area contributed by atoms with Gasteiger partial charge in [-0.05, 0) is 12.1 Å². The number of ether oxygens (including phenoxy) is 1. The van der Waals surface area contributed by atoms with Crippen LogP contribution in [0.2, 0.25) is 0 Å². The molecule has 1 amide bonds. The van der Waals surface area contributed by atoms with Crippen LogP contribution < -0.4 is 10.6 Å². The summed E-state index contributed by atoms with van der Waals surface area (Å²) in [6.07, 6.45) is -1.87. The Hall–Kier alpha value is -0.950. The van der Waals surface area contributed by atoms with Gasteiger partial charge in [-0.2, -0.15) is 0 Å². The Morgan fingerprint density at radius 2 is 2.10 bits per heavy atom. The van der Waals surface area contributed by atoms with Gasteiger partial charge in [-0.3, -0.25) is 0 Å². The van der Waals surface area contributed by atoms with Crippen LogP contribution in [0, 0.1) is 0 Å². The highest BCUT2D eigenvalue weighted by atomic mass is 35.6. The number of para-hydroxylation sites is 1. The molecule has 20 heavy (non-hydrogen) atoms. The molecule has 108 valence electrons. The van der Waals surface area contributed by atoms with E-state index in [4.69, 9.17) is 39.5 Å². The van der Waals surface area contributed by atoms with Crippen molar-refractivity contribution in [2.45, 2.75) is 10.0 Å². The first-order valence-corrected chi connectivity index (χ1v) is 7.42. The first-order valence-electron chi connectivity index (χ1n) is 5.47.